The lowest BCUT2D eigenvalue weighted by Crippen LogP contribution is -2.55. The molecule has 2 unspecified atom stereocenters. The van der Waals surface area contributed by atoms with Crippen LogP contribution in [-0.4, -0.2) is 29.6 Å². The fourth-order valence-electron chi connectivity index (χ4n) is 2.42. The van der Waals surface area contributed by atoms with Crippen molar-refractivity contribution in [3.8, 4) is 0 Å². The van der Waals surface area contributed by atoms with Crippen LogP contribution in [0, 0.1) is 5.92 Å². The summed E-state index contributed by atoms with van der Waals surface area (Å²) in [5, 5.41) is 0. The van der Waals surface area contributed by atoms with Crippen molar-refractivity contribution in [2.24, 2.45) is 11.7 Å². The molecule has 1 aliphatic heterocycles. The van der Waals surface area contributed by atoms with Gasteiger partial charge in [-0.15, -0.1) is 0 Å². The average molecular weight is 212 g/mol. The van der Waals surface area contributed by atoms with E-state index in [1.54, 1.807) is 0 Å². The number of nitrogens with zero attached hydrogens (tertiary/aromatic N) is 1. The van der Waals surface area contributed by atoms with E-state index in [9.17, 15) is 0 Å². The van der Waals surface area contributed by atoms with Gasteiger partial charge in [0.1, 0.15) is 0 Å². The minimum Gasteiger partial charge on any atom is -0.326 e. The zero-order valence-electron chi connectivity index (χ0n) is 10.9. The molecule has 0 radical (unpaired) electrons. The van der Waals surface area contributed by atoms with Gasteiger partial charge in [-0.25, -0.2) is 0 Å². The number of hydrogen-bond donors (Lipinski definition) is 1. The Morgan fingerprint density at radius 3 is 2.27 bits per heavy atom. The maximum absolute atomic E-state index is 6.37. The van der Waals surface area contributed by atoms with Crippen LogP contribution in [0.5, 0.6) is 0 Å². The van der Waals surface area contributed by atoms with E-state index in [0.29, 0.717) is 6.04 Å². The Morgan fingerprint density at radius 1 is 1.27 bits per heavy atom. The zero-order valence-corrected chi connectivity index (χ0v) is 10.9. The zero-order chi connectivity index (χ0) is 11.5. The lowest BCUT2D eigenvalue weighted by Gasteiger charge is -2.41. The van der Waals surface area contributed by atoms with Gasteiger partial charge in [0.15, 0.2) is 0 Å². The Bertz CT molecular complexity index is 183. The monoisotopic (exact) mass is 212 g/mol. The maximum Gasteiger partial charge on any atom is 0.0304 e. The largest absolute Gasteiger partial charge is 0.326 e. The molecular formula is C13H28N2. The van der Waals surface area contributed by atoms with Crippen LogP contribution in [0.1, 0.15) is 53.4 Å². The Kier molecular flexibility index (Phi) is 4.60. The lowest BCUT2D eigenvalue weighted by atomic mass is 9.86. The molecule has 0 aromatic heterocycles. The van der Waals surface area contributed by atoms with Crippen LogP contribution in [0.2, 0.25) is 0 Å². The highest BCUT2D eigenvalue weighted by Crippen LogP contribution is 2.26. The number of likely N-dealkylation sites (tertiary alicyclic amines) is 1. The van der Waals surface area contributed by atoms with Gasteiger partial charge in [-0.3, -0.25) is 4.90 Å². The van der Waals surface area contributed by atoms with Gasteiger partial charge >= 0.3 is 0 Å². The minimum absolute atomic E-state index is 0.180. The molecule has 0 amide bonds. The summed E-state index contributed by atoms with van der Waals surface area (Å²) in [6.45, 7) is 11.7. The molecule has 0 bridgehead atoms. The second-order valence-electron chi connectivity index (χ2n) is 5.70. The molecule has 1 rings (SSSR count). The molecule has 1 saturated heterocycles. The summed E-state index contributed by atoms with van der Waals surface area (Å²) in [5.41, 5.74) is 6.55. The van der Waals surface area contributed by atoms with Crippen molar-refractivity contribution < 1.29 is 0 Å². The van der Waals surface area contributed by atoms with Crippen molar-refractivity contribution in [1.29, 1.82) is 0 Å². The molecule has 0 spiro atoms. The van der Waals surface area contributed by atoms with Gasteiger partial charge in [0.05, 0.1) is 0 Å². The summed E-state index contributed by atoms with van der Waals surface area (Å²) in [7, 11) is 0. The second-order valence-corrected chi connectivity index (χ2v) is 5.70. The van der Waals surface area contributed by atoms with Crippen molar-refractivity contribution in [2.75, 3.05) is 13.1 Å². The van der Waals surface area contributed by atoms with E-state index in [1.807, 2.05) is 0 Å². The molecule has 2 heteroatoms. The third kappa shape index (κ3) is 3.18. The van der Waals surface area contributed by atoms with Crippen molar-refractivity contribution in [3.05, 3.63) is 0 Å². The van der Waals surface area contributed by atoms with E-state index in [4.69, 9.17) is 5.73 Å². The Labute approximate surface area is 95.2 Å². The molecule has 2 N–H and O–H groups in total. The fraction of sp³-hybridized carbons (Fsp3) is 1.00. The Hall–Kier alpha value is -0.0800. The lowest BCUT2D eigenvalue weighted by molar-refractivity contribution is 0.112. The highest BCUT2D eigenvalue weighted by Gasteiger charge is 2.34. The van der Waals surface area contributed by atoms with Gasteiger partial charge in [0.25, 0.3) is 0 Å². The van der Waals surface area contributed by atoms with Crippen LogP contribution in [0.15, 0.2) is 0 Å². The minimum atomic E-state index is 0.180. The summed E-state index contributed by atoms with van der Waals surface area (Å²) in [6.07, 6.45) is 5.09. The second kappa shape index (κ2) is 5.31. The summed E-state index contributed by atoms with van der Waals surface area (Å²) in [6, 6.07) is 0.311. The average Bonchev–Trinajstić information content (AvgIpc) is 2.70. The van der Waals surface area contributed by atoms with Crippen LogP contribution < -0.4 is 5.73 Å². The number of rotatable bonds is 5. The van der Waals surface area contributed by atoms with Gasteiger partial charge < -0.3 is 5.73 Å². The molecule has 0 aliphatic carbocycles. The topological polar surface area (TPSA) is 29.3 Å². The first-order chi connectivity index (χ1) is 6.98. The predicted octanol–water partition coefficient (Wildman–Crippen LogP) is 2.62. The molecule has 1 aliphatic rings. The van der Waals surface area contributed by atoms with E-state index in [0.717, 1.165) is 12.3 Å². The van der Waals surface area contributed by atoms with E-state index in [-0.39, 0.29) is 5.54 Å². The fourth-order valence-corrected chi connectivity index (χ4v) is 2.42. The normalized spacial score (nSPS) is 23.0. The number of nitrogens with two attached hydrogens (primary N) is 1. The van der Waals surface area contributed by atoms with Crippen LogP contribution >= 0.6 is 0 Å². The summed E-state index contributed by atoms with van der Waals surface area (Å²) >= 11 is 0. The Balaban J connectivity index is 2.51. The first kappa shape index (κ1) is 13.0. The molecule has 2 nitrogen and oxygen atoms in total. The van der Waals surface area contributed by atoms with Gasteiger partial charge in [-0.05, 0) is 52.1 Å². The third-order valence-corrected chi connectivity index (χ3v) is 4.18. The van der Waals surface area contributed by atoms with Gasteiger partial charge in [-0.2, -0.15) is 0 Å². The Morgan fingerprint density at radius 2 is 1.80 bits per heavy atom. The quantitative estimate of drug-likeness (QED) is 0.759. The molecule has 1 fully saturated rings. The van der Waals surface area contributed by atoms with E-state index >= 15 is 0 Å². The SMILES string of the molecule is CCC(C)CC(N)C(C)(C)N1CCCC1. The van der Waals surface area contributed by atoms with Crippen LogP contribution in [-0.2, 0) is 0 Å². The van der Waals surface area contributed by atoms with E-state index in [1.165, 1.54) is 32.4 Å². The van der Waals surface area contributed by atoms with Crippen LogP contribution in [0.4, 0.5) is 0 Å². The molecule has 15 heavy (non-hydrogen) atoms. The van der Waals surface area contributed by atoms with Crippen molar-refractivity contribution in [1.82, 2.24) is 4.90 Å². The molecule has 1 heterocycles. The van der Waals surface area contributed by atoms with Crippen molar-refractivity contribution in [3.63, 3.8) is 0 Å². The maximum atomic E-state index is 6.37. The molecular weight excluding hydrogens is 184 g/mol. The van der Waals surface area contributed by atoms with Crippen LogP contribution in [0.3, 0.4) is 0 Å². The van der Waals surface area contributed by atoms with Gasteiger partial charge in [-0.1, -0.05) is 20.3 Å². The standard InChI is InChI=1S/C13H28N2/c1-5-11(2)10-12(14)13(3,4)15-8-6-7-9-15/h11-12H,5-10,14H2,1-4H3. The van der Waals surface area contributed by atoms with Gasteiger partial charge in [0, 0.05) is 11.6 Å². The highest BCUT2D eigenvalue weighted by molar-refractivity contribution is 4.93. The van der Waals surface area contributed by atoms with Gasteiger partial charge in [0.2, 0.25) is 0 Å². The molecule has 0 saturated carbocycles. The first-order valence-electron chi connectivity index (χ1n) is 6.49. The molecule has 0 aromatic carbocycles. The number of hydrogen-bond acceptors (Lipinski definition) is 2. The van der Waals surface area contributed by atoms with Crippen molar-refractivity contribution >= 4 is 0 Å². The molecule has 2 atom stereocenters. The first-order valence-corrected chi connectivity index (χ1v) is 6.49. The summed E-state index contributed by atoms with van der Waals surface area (Å²) in [5.74, 6) is 0.752. The highest BCUT2D eigenvalue weighted by atomic mass is 15.2. The van der Waals surface area contributed by atoms with E-state index in [2.05, 4.69) is 32.6 Å². The molecule has 0 aromatic rings. The molecule has 90 valence electrons. The summed E-state index contributed by atoms with van der Waals surface area (Å²) in [4.78, 5) is 2.57. The van der Waals surface area contributed by atoms with Crippen molar-refractivity contribution in [2.45, 2.75) is 65.0 Å². The predicted molar refractivity (Wildman–Crippen MR) is 66.9 cm³/mol. The third-order valence-electron chi connectivity index (χ3n) is 4.18. The van der Waals surface area contributed by atoms with Crippen LogP contribution in [0.25, 0.3) is 0 Å². The summed E-state index contributed by atoms with van der Waals surface area (Å²) < 4.78 is 0. The smallest absolute Gasteiger partial charge is 0.0304 e. The van der Waals surface area contributed by atoms with E-state index < -0.39 is 0 Å².